The first-order valence-corrected chi connectivity index (χ1v) is 4.70. The van der Waals surface area contributed by atoms with Crippen LogP contribution >= 0.6 is 12.6 Å². The van der Waals surface area contributed by atoms with E-state index in [9.17, 15) is 13.2 Å². The smallest absolute Gasteiger partial charge is 0.179 e. The van der Waals surface area contributed by atoms with Gasteiger partial charge < -0.3 is 0 Å². The van der Waals surface area contributed by atoms with Crippen molar-refractivity contribution >= 4 is 12.6 Å². The van der Waals surface area contributed by atoms with Crippen LogP contribution in [-0.2, 0) is 0 Å². The van der Waals surface area contributed by atoms with Gasteiger partial charge >= 0.3 is 6.18 Å². The first-order chi connectivity index (χ1) is 5.39. The van der Waals surface area contributed by atoms with Crippen LogP contribution in [0.2, 0.25) is 0 Å². The Balaban J connectivity index is 4.05. The highest BCUT2D eigenvalue weighted by Gasteiger charge is 2.40. The molecular weight excluding hydrogens is 185 g/mol. The van der Waals surface area contributed by atoms with Gasteiger partial charge in [-0.1, -0.05) is 13.8 Å². The molecule has 12 heavy (non-hydrogen) atoms. The van der Waals surface area contributed by atoms with E-state index in [1.54, 1.807) is 13.8 Å². The molecule has 0 spiro atoms. The average Bonchev–Trinajstić information content (AvgIpc) is 1.84. The lowest BCUT2D eigenvalue weighted by molar-refractivity contribution is -0.187. The molecule has 0 unspecified atom stereocenters. The lowest BCUT2D eigenvalue weighted by Crippen LogP contribution is -2.27. The molecule has 0 aliphatic heterocycles. The van der Waals surface area contributed by atoms with Crippen molar-refractivity contribution in [1.29, 1.82) is 0 Å². The Hall–Kier alpha value is 0.140. The number of halogens is 3. The van der Waals surface area contributed by atoms with E-state index < -0.39 is 12.1 Å². The Morgan fingerprint density at radius 1 is 1.25 bits per heavy atom. The topological polar surface area (TPSA) is 0 Å². The number of hydrogen-bond donors (Lipinski definition) is 1. The highest BCUT2D eigenvalue weighted by atomic mass is 32.1. The van der Waals surface area contributed by atoms with Crippen molar-refractivity contribution in [3.05, 3.63) is 0 Å². The predicted octanol–water partition coefficient (Wildman–Crippen LogP) is 3.53. The van der Waals surface area contributed by atoms with Crippen LogP contribution < -0.4 is 0 Å². The third kappa shape index (κ3) is 4.24. The fourth-order valence-corrected chi connectivity index (χ4v) is 1.37. The van der Waals surface area contributed by atoms with Crippen LogP contribution in [0.1, 0.15) is 26.7 Å². The Morgan fingerprint density at radius 2 is 1.75 bits per heavy atom. The highest BCUT2D eigenvalue weighted by molar-refractivity contribution is 7.80. The summed E-state index contributed by atoms with van der Waals surface area (Å²) in [7, 11) is 0. The van der Waals surface area contributed by atoms with E-state index in [-0.39, 0.29) is 12.3 Å². The van der Waals surface area contributed by atoms with Gasteiger partial charge in [0.15, 0.2) is 0 Å². The van der Waals surface area contributed by atoms with Crippen LogP contribution in [0.3, 0.4) is 0 Å². The van der Waals surface area contributed by atoms with Gasteiger partial charge in [-0.15, -0.1) is 0 Å². The summed E-state index contributed by atoms with van der Waals surface area (Å²) in [5.41, 5.74) is 0. The second-order valence-corrected chi connectivity index (χ2v) is 3.71. The van der Waals surface area contributed by atoms with Crippen LogP contribution in [0.15, 0.2) is 0 Å². The molecule has 0 heterocycles. The first kappa shape index (κ1) is 12.1. The van der Waals surface area contributed by atoms with E-state index in [2.05, 4.69) is 12.6 Å². The Labute approximate surface area is 76.9 Å². The van der Waals surface area contributed by atoms with E-state index in [0.717, 1.165) is 0 Å². The van der Waals surface area contributed by atoms with Gasteiger partial charge in [0.2, 0.25) is 0 Å². The zero-order valence-electron chi connectivity index (χ0n) is 7.36. The zero-order valence-corrected chi connectivity index (χ0v) is 8.25. The maximum atomic E-state index is 12.3. The van der Waals surface area contributed by atoms with Crippen molar-refractivity contribution in [2.24, 2.45) is 11.8 Å². The van der Waals surface area contributed by atoms with Crippen molar-refractivity contribution in [2.75, 3.05) is 5.75 Å². The molecule has 0 radical (unpaired) electrons. The van der Waals surface area contributed by atoms with Crippen LogP contribution in [0.25, 0.3) is 0 Å². The molecule has 0 rings (SSSR count). The van der Waals surface area contributed by atoms with Crippen molar-refractivity contribution in [2.45, 2.75) is 32.9 Å². The van der Waals surface area contributed by atoms with Gasteiger partial charge in [0.1, 0.15) is 0 Å². The Bertz CT molecular complexity index is 120. The first-order valence-electron chi connectivity index (χ1n) is 4.07. The van der Waals surface area contributed by atoms with Crippen molar-refractivity contribution in [3.8, 4) is 0 Å². The summed E-state index contributed by atoms with van der Waals surface area (Å²) >= 11 is 3.89. The molecule has 0 N–H and O–H groups in total. The van der Waals surface area contributed by atoms with Gasteiger partial charge in [-0.05, 0) is 24.5 Å². The fraction of sp³-hybridized carbons (Fsp3) is 1.00. The summed E-state index contributed by atoms with van der Waals surface area (Å²) in [4.78, 5) is 0. The summed E-state index contributed by atoms with van der Waals surface area (Å²) in [5.74, 6) is -0.964. The molecule has 0 aromatic rings. The van der Waals surface area contributed by atoms with Gasteiger partial charge in [0.25, 0.3) is 0 Å². The third-order valence-corrected chi connectivity index (χ3v) is 2.21. The minimum Gasteiger partial charge on any atom is -0.179 e. The summed E-state index contributed by atoms with van der Waals surface area (Å²) in [6.07, 6.45) is -3.31. The zero-order chi connectivity index (χ0) is 9.78. The maximum absolute atomic E-state index is 12.3. The van der Waals surface area contributed by atoms with Crippen molar-refractivity contribution in [3.63, 3.8) is 0 Å². The van der Waals surface area contributed by atoms with E-state index >= 15 is 0 Å². The molecule has 0 aliphatic carbocycles. The summed E-state index contributed by atoms with van der Waals surface area (Å²) in [6.45, 7) is 3.22. The SMILES string of the molecule is CC(C)[C@H](CCCS)C(F)(F)F. The van der Waals surface area contributed by atoms with Crippen molar-refractivity contribution in [1.82, 2.24) is 0 Å². The van der Waals surface area contributed by atoms with Crippen molar-refractivity contribution < 1.29 is 13.2 Å². The van der Waals surface area contributed by atoms with Crippen LogP contribution in [0.5, 0.6) is 0 Å². The molecule has 1 atom stereocenters. The van der Waals surface area contributed by atoms with E-state index in [0.29, 0.717) is 12.2 Å². The lowest BCUT2D eigenvalue weighted by atomic mass is 9.91. The molecule has 0 saturated carbocycles. The van der Waals surface area contributed by atoms with Gasteiger partial charge in [0.05, 0.1) is 5.92 Å². The maximum Gasteiger partial charge on any atom is 0.392 e. The van der Waals surface area contributed by atoms with Gasteiger partial charge in [-0.3, -0.25) is 0 Å². The number of hydrogen-bond acceptors (Lipinski definition) is 1. The molecule has 0 saturated heterocycles. The molecule has 0 nitrogen and oxygen atoms in total. The Kier molecular flexibility index (Phi) is 5.06. The molecule has 74 valence electrons. The van der Waals surface area contributed by atoms with Gasteiger partial charge in [0, 0.05) is 0 Å². The molecular formula is C8H15F3S. The molecule has 0 fully saturated rings. The highest BCUT2D eigenvalue weighted by Crippen LogP contribution is 2.35. The van der Waals surface area contributed by atoms with E-state index in [1.807, 2.05) is 0 Å². The minimum absolute atomic E-state index is 0.199. The standard InChI is InChI=1S/C8H15F3S/c1-6(2)7(4-3-5-12)8(9,10)11/h6-7,12H,3-5H2,1-2H3/t7-/m0/s1. The molecule has 0 aromatic heterocycles. The summed E-state index contributed by atoms with van der Waals surface area (Å²) < 4.78 is 36.8. The quantitative estimate of drug-likeness (QED) is 0.659. The van der Waals surface area contributed by atoms with Crippen LogP contribution in [0.4, 0.5) is 13.2 Å². The minimum atomic E-state index is -4.04. The number of alkyl halides is 3. The van der Waals surface area contributed by atoms with E-state index in [1.165, 1.54) is 0 Å². The monoisotopic (exact) mass is 200 g/mol. The van der Waals surface area contributed by atoms with Gasteiger partial charge in [-0.25, -0.2) is 0 Å². The lowest BCUT2D eigenvalue weighted by Gasteiger charge is -2.23. The molecule has 0 bridgehead atoms. The molecule has 0 amide bonds. The summed E-state index contributed by atoms with van der Waals surface area (Å²) in [5, 5.41) is 0. The van der Waals surface area contributed by atoms with Gasteiger partial charge in [-0.2, -0.15) is 25.8 Å². The third-order valence-electron chi connectivity index (χ3n) is 1.90. The predicted molar refractivity (Wildman–Crippen MR) is 47.5 cm³/mol. The van der Waals surface area contributed by atoms with Crippen LogP contribution in [0, 0.1) is 11.8 Å². The molecule has 4 heteroatoms. The largest absolute Gasteiger partial charge is 0.392 e. The number of rotatable bonds is 4. The van der Waals surface area contributed by atoms with E-state index in [4.69, 9.17) is 0 Å². The molecule has 0 aliphatic rings. The molecule has 0 aromatic carbocycles. The normalized spacial score (nSPS) is 15.2. The second kappa shape index (κ2) is 5.00. The summed E-state index contributed by atoms with van der Waals surface area (Å²) in [6, 6.07) is 0. The Morgan fingerprint density at radius 3 is 2.00 bits per heavy atom. The second-order valence-electron chi connectivity index (χ2n) is 3.26. The number of thiol groups is 1. The van der Waals surface area contributed by atoms with Crippen LogP contribution in [-0.4, -0.2) is 11.9 Å². The fourth-order valence-electron chi connectivity index (χ4n) is 1.19. The average molecular weight is 200 g/mol.